The van der Waals surface area contributed by atoms with Crippen molar-refractivity contribution < 1.29 is 19.4 Å². The van der Waals surface area contributed by atoms with Gasteiger partial charge >= 0.3 is 0 Å². The third-order valence-electron chi connectivity index (χ3n) is 3.75. The molecule has 0 spiro atoms. The summed E-state index contributed by atoms with van der Waals surface area (Å²) in [6, 6.07) is 5.37. The molecule has 5 N–H and O–H groups in total. The number of benzene rings is 1. The van der Waals surface area contributed by atoms with Gasteiger partial charge < -0.3 is 25.8 Å². The summed E-state index contributed by atoms with van der Waals surface area (Å²) in [7, 11) is 0. The molecule has 1 heterocycles. The van der Waals surface area contributed by atoms with Gasteiger partial charge in [-0.2, -0.15) is 0 Å². The van der Waals surface area contributed by atoms with E-state index in [-0.39, 0.29) is 18.5 Å². The number of hydrogen-bond acceptors (Lipinski definition) is 4. The summed E-state index contributed by atoms with van der Waals surface area (Å²) in [5, 5.41) is 6.31. The molecule has 1 aromatic carbocycles. The normalized spacial score (nSPS) is 14.4. The number of nitrogens with two attached hydrogens (primary N) is 2. The molecule has 1 aliphatic rings. The Morgan fingerprint density at radius 2 is 2.00 bits per heavy atom. The van der Waals surface area contributed by atoms with Crippen molar-refractivity contribution in [2.75, 3.05) is 26.3 Å². The van der Waals surface area contributed by atoms with Crippen LogP contribution in [0.4, 0.5) is 0 Å². The van der Waals surface area contributed by atoms with Crippen molar-refractivity contribution in [3.63, 3.8) is 0 Å². The molecule has 0 saturated carbocycles. The number of hydrazone groups is 1. The molecule has 1 saturated heterocycles. The zero-order valence-electron chi connectivity index (χ0n) is 14.5. The zero-order chi connectivity index (χ0) is 18.1. The summed E-state index contributed by atoms with van der Waals surface area (Å²) < 4.78 is 11.3. The van der Waals surface area contributed by atoms with Gasteiger partial charge in [-0.1, -0.05) is 0 Å². The van der Waals surface area contributed by atoms with Crippen LogP contribution in [0.15, 0.2) is 23.3 Å². The van der Waals surface area contributed by atoms with E-state index in [1.165, 1.54) is 6.42 Å². The number of piperidine rings is 1. The predicted molar refractivity (Wildman–Crippen MR) is 95.5 cm³/mol. The first-order valence-electron chi connectivity index (χ1n) is 8.45. The lowest BCUT2D eigenvalue weighted by Crippen LogP contribution is -2.63. The van der Waals surface area contributed by atoms with E-state index in [1.54, 1.807) is 18.3 Å². The van der Waals surface area contributed by atoms with Gasteiger partial charge in [0.15, 0.2) is 18.1 Å². The third kappa shape index (κ3) is 5.98. The Kier molecular flexibility index (Phi) is 7.06. The van der Waals surface area contributed by atoms with E-state index in [0.29, 0.717) is 18.1 Å². The molecule has 0 aliphatic carbocycles. The third-order valence-corrected chi connectivity index (χ3v) is 3.75. The van der Waals surface area contributed by atoms with Gasteiger partial charge in [-0.25, -0.2) is 0 Å². The van der Waals surface area contributed by atoms with Crippen molar-refractivity contribution in [1.29, 1.82) is 0 Å². The first-order chi connectivity index (χ1) is 12.1. The number of ether oxygens (including phenoxy) is 2. The van der Waals surface area contributed by atoms with Crippen LogP contribution in [-0.2, 0) is 4.79 Å². The monoisotopic (exact) mass is 348 g/mol. The van der Waals surface area contributed by atoms with Crippen LogP contribution in [0, 0.1) is 0 Å². The Labute approximate surface area is 147 Å². The molecule has 25 heavy (non-hydrogen) atoms. The number of amides is 1. The Morgan fingerprint density at radius 1 is 1.24 bits per heavy atom. The van der Waals surface area contributed by atoms with Crippen LogP contribution in [0.1, 0.15) is 31.7 Å². The summed E-state index contributed by atoms with van der Waals surface area (Å²) in [5.74, 6) is 1.05. The van der Waals surface area contributed by atoms with Gasteiger partial charge in [0.1, 0.15) is 0 Å². The minimum absolute atomic E-state index is 0.00668. The van der Waals surface area contributed by atoms with Crippen LogP contribution in [0.5, 0.6) is 11.5 Å². The molecule has 1 fully saturated rings. The number of guanidine groups is 1. The second-order valence-corrected chi connectivity index (χ2v) is 5.68. The summed E-state index contributed by atoms with van der Waals surface area (Å²) in [6.45, 7) is 4.00. The summed E-state index contributed by atoms with van der Waals surface area (Å²) >= 11 is 0. The summed E-state index contributed by atoms with van der Waals surface area (Å²) in [6.07, 6.45) is 4.93. The van der Waals surface area contributed by atoms with Gasteiger partial charge in [-0.15, -0.1) is 5.10 Å². The van der Waals surface area contributed by atoms with Gasteiger partial charge in [0, 0.05) is 23.8 Å². The number of carbonyl (C=O) groups is 1. The highest BCUT2D eigenvalue weighted by Gasteiger charge is 2.17. The lowest BCUT2D eigenvalue weighted by Gasteiger charge is -2.26. The average Bonchev–Trinajstić information content (AvgIpc) is 2.61. The minimum Gasteiger partial charge on any atom is -0.490 e. The van der Waals surface area contributed by atoms with Crippen LogP contribution < -0.4 is 26.0 Å². The molecule has 1 aromatic rings. The molecule has 2 rings (SSSR count). The minimum atomic E-state index is -0.0579. The maximum atomic E-state index is 12.2. The Bertz CT molecular complexity index is 635. The van der Waals surface area contributed by atoms with Crippen molar-refractivity contribution in [2.45, 2.75) is 26.2 Å². The summed E-state index contributed by atoms with van der Waals surface area (Å²) in [5.41, 5.74) is 11.3. The van der Waals surface area contributed by atoms with Gasteiger partial charge in [-0.05, 0) is 44.4 Å². The zero-order valence-corrected chi connectivity index (χ0v) is 14.5. The standard InChI is InChI=1S/C17H25N5O3/c1-2-24-15-10-13(11-20-21-17(18)19)6-7-14(15)25-12-16(23)22-8-4-3-5-9-22/h6-7,10-11H,2-5,8-9,12H2,1H3,(H4,18,19,21)/p+1/b20-11-. The highest BCUT2D eigenvalue weighted by atomic mass is 16.5. The van der Waals surface area contributed by atoms with E-state index in [2.05, 4.69) is 10.2 Å². The summed E-state index contributed by atoms with van der Waals surface area (Å²) in [4.78, 5) is 14.1. The van der Waals surface area contributed by atoms with Crippen LogP contribution in [0.25, 0.3) is 0 Å². The molecule has 1 amide bonds. The molecule has 0 bridgehead atoms. The fourth-order valence-corrected chi connectivity index (χ4v) is 2.56. The average molecular weight is 348 g/mol. The van der Waals surface area contributed by atoms with Crippen molar-refractivity contribution in [2.24, 2.45) is 16.6 Å². The highest BCUT2D eigenvalue weighted by Crippen LogP contribution is 2.28. The molecular weight excluding hydrogens is 322 g/mol. The van der Waals surface area contributed by atoms with E-state index in [4.69, 9.17) is 20.9 Å². The second-order valence-electron chi connectivity index (χ2n) is 5.68. The fourth-order valence-electron chi connectivity index (χ4n) is 2.56. The number of likely N-dealkylation sites (tertiary alicyclic amines) is 1. The molecule has 0 atom stereocenters. The molecule has 8 heteroatoms. The largest absolute Gasteiger partial charge is 0.490 e. The van der Waals surface area contributed by atoms with Crippen molar-refractivity contribution >= 4 is 18.1 Å². The van der Waals surface area contributed by atoms with Crippen molar-refractivity contribution in [3.05, 3.63) is 23.8 Å². The van der Waals surface area contributed by atoms with E-state index < -0.39 is 0 Å². The lowest BCUT2D eigenvalue weighted by molar-refractivity contribution is -0.456. The van der Waals surface area contributed by atoms with Crippen LogP contribution in [0.2, 0.25) is 0 Å². The SMILES string of the molecule is CCOc1cc(/C=[NH+]\N=C(N)N)ccc1OCC(=O)N1CCCCC1. The second kappa shape index (κ2) is 9.51. The van der Waals surface area contributed by atoms with E-state index in [1.807, 2.05) is 17.9 Å². The number of nitrogens with one attached hydrogen (secondary N) is 1. The van der Waals surface area contributed by atoms with E-state index in [0.717, 1.165) is 31.5 Å². The topological polar surface area (TPSA) is 117 Å². The Balaban J connectivity index is 2.02. The molecule has 0 radical (unpaired) electrons. The molecule has 136 valence electrons. The Hall–Kier alpha value is -2.77. The number of rotatable bonds is 7. The van der Waals surface area contributed by atoms with E-state index in [9.17, 15) is 4.79 Å². The number of carbonyl (C=O) groups excluding carboxylic acids is 1. The number of nitrogens with zero attached hydrogens (tertiary/aromatic N) is 2. The van der Waals surface area contributed by atoms with Crippen molar-refractivity contribution in [1.82, 2.24) is 4.90 Å². The smallest absolute Gasteiger partial charge is 0.260 e. The molecule has 0 aromatic heterocycles. The molecular formula is C17H26N5O3+. The van der Waals surface area contributed by atoms with E-state index >= 15 is 0 Å². The first-order valence-corrected chi connectivity index (χ1v) is 8.45. The van der Waals surface area contributed by atoms with Crippen molar-refractivity contribution in [3.8, 4) is 11.5 Å². The van der Waals surface area contributed by atoms with Crippen LogP contribution in [0.3, 0.4) is 0 Å². The maximum Gasteiger partial charge on any atom is 0.260 e. The lowest BCUT2D eigenvalue weighted by atomic mass is 10.1. The molecule has 1 aliphatic heterocycles. The fraction of sp³-hybridized carbons (Fsp3) is 0.471. The quantitative estimate of drug-likeness (QED) is 0.338. The predicted octanol–water partition coefficient (Wildman–Crippen LogP) is -0.835. The maximum absolute atomic E-state index is 12.2. The van der Waals surface area contributed by atoms with Crippen LogP contribution >= 0.6 is 0 Å². The first kappa shape index (κ1) is 18.6. The van der Waals surface area contributed by atoms with Gasteiger partial charge in [0.2, 0.25) is 6.21 Å². The number of hydrogen-bond donors (Lipinski definition) is 3. The molecule has 8 nitrogen and oxygen atoms in total. The van der Waals surface area contributed by atoms with Gasteiger partial charge in [-0.3, -0.25) is 4.79 Å². The van der Waals surface area contributed by atoms with Crippen LogP contribution in [-0.4, -0.2) is 49.3 Å². The van der Waals surface area contributed by atoms with Gasteiger partial charge in [0.25, 0.3) is 11.9 Å². The highest BCUT2D eigenvalue weighted by molar-refractivity contribution is 5.79. The van der Waals surface area contributed by atoms with Gasteiger partial charge in [0.05, 0.1) is 6.61 Å². The molecule has 0 unspecified atom stereocenters. The Morgan fingerprint density at radius 3 is 2.68 bits per heavy atom.